The van der Waals surface area contributed by atoms with E-state index in [4.69, 9.17) is 0 Å². The number of rotatable bonds is 2. The fraction of sp³-hybridized carbons (Fsp3) is 0.0333. The van der Waals surface area contributed by atoms with E-state index in [1.54, 1.807) is 0 Å². The van der Waals surface area contributed by atoms with E-state index in [1.165, 1.54) is 163 Å². The third-order valence-corrected chi connectivity index (χ3v) is 14.7. The van der Waals surface area contributed by atoms with E-state index in [0.29, 0.717) is 0 Å². The van der Waals surface area contributed by atoms with Crippen LogP contribution in [0.5, 0.6) is 0 Å². The number of benzene rings is 12. The first-order valence-corrected chi connectivity index (χ1v) is 21.9. The zero-order valence-corrected chi connectivity index (χ0v) is 34.9. The fourth-order valence-corrected chi connectivity index (χ4v) is 12.3. The maximum atomic E-state index is 4.50. The van der Waals surface area contributed by atoms with Gasteiger partial charge in [0.15, 0.2) is 0 Å². The lowest BCUT2D eigenvalue weighted by Gasteiger charge is -2.16. The van der Waals surface area contributed by atoms with Gasteiger partial charge in [0.25, 0.3) is 0 Å². The van der Waals surface area contributed by atoms with Gasteiger partial charge in [-0.15, -0.1) is 0 Å². The van der Waals surface area contributed by atoms with E-state index in [2.05, 4.69) is 199 Å². The molecule has 14 aromatic carbocycles. The molecule has 63 heavy (non-hydrogen) atoms. The second kappa shape index (κ2) is 12.6. The van der Waals surface area contributed by atoms with Gasteiger partial charge in [-0.2, -0.15) is 0 Å². The van der Waals surface area contributed by atoms with Gasteiger partial charge < -0.3 is 0 Å². The fourth-order valence-electron chi connectivity index (χ4n) is 12.3. The lowest BCUT2D eigenvalue weighted by atomic mass is 9.40. The van der Waals surface area contributed by atoms with Crippen LogP contribution in [0.4, 0.5) is 0 Å². The molecule has 0 heterocycles. The summed E-state index contributed by atoms with van der Waals surface area (Å²) in [5.41, 5.74) is 13.2. The van der Waals surface area contributed by atoms with Gasteiger partial charge >= 0.3 is 0 Å². The van der Waals surface area contributed by atoms with Crippen molar-refractivity contribution in [3.63, 3.8) is 0 Å². The quantitative estimate of drug-likeness (QED) is 0.0930. The van der Waals surface area contributed by atoms with Gasteiger partial charge in [0.1, 0.15) is 0 Å². The Balaban J connectivity index is 0.00000125. The predicted molar refractivity (Wildman–Crippen MR) is 277 cm³/mol. The smallest absolute Gasteiger partial charge is 0 e. The Morgan fingerprint density at radius 3 is 1.40 bits per heavy atom. The largest absolute Gasteiger partial charge is 0.0620 e. The third-order valence-electron chi connectivity index (χ3n) is 14.7. The third kappa shape index (κ3) is 4.40. The van der Waals surface area contributed by atoms with Crippen molar-refractivity contribution in [3.8, 4) is 44.5 Å². The number of hydrogen-bond acceptors (Lipinski definition) is 0. The highest BCUT2D eigenvalue weighted by Gasteiger charge is 2.30. The SMILES string of the molecule is Cc1ccccc1-c1ccc2c(c1)-c1ccc3c4ccc5c6c(ccc(c7ccc-2c1c73)c46)c1c(-c2ccccc2C)c2cc3ccccc3c3c4ccccc4c(c51)c23.[B][B][B]. The summed E-state index contributed by atoms with van der Waals surface area (Å²) in [5, 5.41) is 27.2. The van der Waals surface area contributed by atoms with Crippen LogP contribution in [0.3, 0.4) is 0 Å². The number of aryl methyl sites for hydroxylation is 2. The Kier molecular flexibility index (Phi) is 7.07. The summed E-state index contributed by atoms with van der Waals surface area (Å²) in [4.78, 5) is 0. The maximum Gasteiger partial charge on any atom is 0 e. The summed E-state index contributed by atoms with van der Waals surface area (Å²) < 4.78 is 0. The van der Waals surface area contributed by atoms with Crippen LogP contribution in [0.15, 0.2) is 170 Å². The molecule has 5 radical (unpaired) electrons. The molecule has 0 spiro atoms. The molecule has 0 bridgehead atoms. The van der Waals surface area contributed by atoms with Crippen molar-refractivity contribution in [3.05, 3.63) is 181 Å². The van der Waals surface area contributed by atoms with Crippen LogP contribution in [0.25, 0.3) is 152 Å². The Bertz CT molecular complexity index is 4250. The Hall–Kier alpha value is -7.35. The highest BCUT2D eigenvalue weighted by molar-refractivity contribution is 7.17. The van der Waals surface area contributed by atoms with E-state index in [-0.39, 0.29) is 0 Å². The monoisotopic (exact) mass is 787 g/mol. The van der Waals surface area contributed by atoms with Gasteiger partial charge in [0, 0.05) is 22.5 Å². The first-order valence-electron chi connectivity index (χ1n) is 21.9. The summed E-state index contributed by atoms with van der Waals surface area (Å²) in [6, 6.07) is 65.1. The van der Waals surface area contributed by atoms with Crippen molar-refractivity contribution >= 4 is 130 Å². The molecule has 1 aliphatic rings. The zero-order chi connectivity index (χ0) is 41.8. The molecule has 0 aliphatic heterocycles. The second-order valence-corrected chi connectivity index (χ2v) is 17.7. The Labute approximate surface area is 367 Å². The van der Waals surface area contributed by atoms with Gasteiger partial charge in [-0.25, -0.2) is 0 Å². The maximum absolute atomic E-state index is 4.50. The van der Waals surface area contributed by atoms with E-state index in [1.807, 2.05) is 0 Å². The molecule has 0 saturated carbocycles. The van der Waals surface area contributed by atoms with Gasteiger partial charge in [-0.1, -0.05) is 158 Å². The average molecular weight is 787 g/mol. The Morgan fingerprint density at radius 1 is 0.286 bits per heavy atom. The number of hydrogen-bond donors (Lipinski definition) is 0. The van der Waals surface area contributed by atoms with Crippen molar-refractivity contribution < 1.29 is 0 Å². The minimum atomic E-state index is 1.00. The van der Waals surface area contributed by atoms with Gasteiger partial charge in [0.05, 0.1) is 0 Å². The molecular weight excluding hydrogens is 753 g/mol. The molecule has 0 atom stereocenters. The highest BCUT2D eigenvalue weighted by Crippen LogP contribution is 2.58. The summed E-state index contributed by atoms with van der Waals surface area (Å²) in [7, 11) is 10.0. The molecular formula is C60H34B3. The van der Waals surface area contributed by atoms with Crippen LogP contribution in [0.2, 0.25) is 0 Å². The molecule has 14 aromatic rings. The molecule has 15 rings (SSSR count). The van der Waals surface area contributed by atoms with Crippen LogP contribution in [0, 0.1) is 13.8 Å². The highest BCUT2D eigenvalue weighted by atomic mass is 14.3. The average Bonchev–Trinajstić information content (AvgIpc) is 3.96. The molecule has 0 saturated heterocycles. The van der Waals surface area contributed by atoms with Gasteiger partial charge in [0.2, 0.25) is 0 Å². The lowest BCUT2D eigenvalue weighted by Crippen LogP contribution is -1.89. The van der Waals surface area contributed by atoms with Crippen molar-refractivity contribution in [2.45, 2.75) is 13.8 Å². The number of fused-ring (bicyclic) bond motifs is 14. The van der Waals surface area contributed by atoms with Gasteiger partial charge in [-0.3, -0.25) is 0 Å². The molecule has 3 heteroatoms. The van der Waals surface area contributed by atoms with Crippen molar-refractivity contribution in [2.24, 2.45) is 0 Å². The zero-order valence-electron chi connectivity index (χ0n) is 34.9. The minimum Gasteiger partial charge on any atom is -0.0620 e. The van der Waals surface area contributed by atoms with E-state index in [9.17, 15) is 0 Å². The molecule has 0 fully saturated rings. The van der Waals surface area contributed by atoms with Crippen LogP contribution in [-0.4, -0.2) is 22.5 Å². The van der Waals surface area contributed by atoms with Crippen LogP contribution < -0.4 is 0 Å². The normalized spacial score (nSPS) is 12.4. The first-order chi connectivity index (χ1) is 31.1. The minimum absolute atomic E-state index is 1.00. The van der Waals surface area contributed by atoms with Crippen molar-refractivity contribution in [2.75, 3.05) is 0 Å². The molecule has 283 valence electrons. The molecule has 1 aliphatic carbocycles. The van der Waals surface area contributed by atoms with Crippen molar-refractivity contribution in [1.82, 2.24) is 0 Å². The molecule has 0 unspecified atom stereocenters. The van der Waals surface area contributed by atoms with Gasteiger partial charge in [-0.05, 0) is 189 Å². The van der Waals surface area contributed by atoms with Crippen LogP contribution in [0.1, 0.15) is 11.1 Å². The summed E-state index contributed by atoms with van der Waals surface area (Å²) in [5.74, 6) is 0. The Morgan fingerprint density at radius 2 is 0.714 bits per heavy atom. The molecule has 0 N–H and O–H groups in total. The van der Waals surface area contributed by atoms with E-state index >= 15 is 0 Å². The molecule has 0 amide bonds. The second-order valence-electron chi connectivity index (χ2n) is 17.7. The van der Waals surface area contributed by atoms with E-state index < -0.39 is 0 Å². The van der Waals surface area contributed by atoms with E-state index in [0.717, 1.165) is 7.06 Å². The first kappa shape index (κ1) is 35.3. The summed E-state index contributed by atoms with van der Waals surface area (Å²) >= 11 is 0. The predicted octanol–water partition coefficient (Wildman–Crippen LogP) is 16.0. The standard InChI is InChI=1S/C60H34.B3/c1-31-11-3-6-14-35(31)34-19-20-38-41-21-22-42-44-25-27-47-56-48(28-26-45(55(44)56)43-23-24-46(49(38)29-34)53(41)54(42)43)59-57-40-18-10-9-17-39(40)52-37-16-8-5-13-33(37)30-50(60(52)57)51(58(47)59)36-15-7-4-12-32(36)2;1-3-2/h3-30H,1-2H3;. The molecule has 0 aromatic heterocycles. The van der Waals surface area contributed by atoms with Crippen LogP contribution >= 0.6 is 0 Å². The summed E-state index contributed by atoms with van der Waals surface area (Å²) in [6.45, 7) is 4.49. The molecule has 0 nitrogen and oxygen atoms in total. The van der Waals surface area contributed by atoms with Crippen LogP contribution in [-0.2, 0) is 0 Å². The lowest BCUT2D eigenvalue weighted by molar-refractivity contribution is 1.46. The topological polar surface area (TPSA) is 0 Å². The summed E-state index contributed by atoms with van der Waals surface area (Å²) in [6.07, 6.45) is 0. The van der Waals surface area contributed by atoms with Crippen molar-refractivity contribution in [1.29, 1.82) is 0 Å².